The Balaban J connectivity index is 2.31. The van der Waals surface area contributed by atoms with Crippen molar-refractivity contribution in [1.82, 2.24) is 9.78 Å². The van der Waals surface area contributed by atoms with Gasteiger partial charge in [-0.1, -0.05) is 13.8 Å². The van der Waals surface area contributed by atoms with Gasteiger partial charge in [0.2, 0.25) is 5.78 Å². The lowest BCUT2D eigenvalue weighted by atomic mass is 9.76. The first-order chi connectivity index (χ1) is 9.54. The summed E-state index contributed by atoms with van der Waals surface area (Å²) in [6, 6.07) is 0. The minimum atomic E-state index is -0.666. The molecule has 1 heterocycles. The Morgan fingerprint density at radius 1 is 1.55 bits per heavy atom. The maximum Gasteiger partial charge on any atom is 0.213 e. The zero-order chi connectivity index (χ0) is 14.8. The topological polar surface area (TPSA) is 44.1 Å². The molecule has 0 atom stereocenters. The summed E-state index contributed by atoms with van der Waals surface area (Å²) in [4.78, 5) is 13.0. The summed E-state index contributed by atoms with van der Waals surface area (Å²) in [5.41, 5.74) is -0.0103. The smallest absolute Gasteiger partial charge is 0.213 e. The Bertz CT molecular complexity index is 476. The molecular formula is C15H23BrN2O2. The third-order valence-electron chi connectivity index (χ3n) is 4.33. The highest BCUT2D eigenvalue weighted by Crippen LogP contribution is 2.38. The minimum absolute atomic E-state index is 0.0738. The average molecular weight is 343 g/mol. The molecule has 2 rings (SSSR count). The van der Waals surface area contributed by atoms with Crippen molar-refractivity contribution in [2.45, 2.75) is 58.1 Å². The normalized spacial score (nSPS) is 26.7. The van der Waals surface area contributed by atoms with Gasteiger partial charge in [-0.25, -0.2) is 0 Å². The van der Waals surface area contributed by atoms with Crippen LogP contribution in [-0.4, -0.2) is 28.3 Å². The van der Waals surface area contributed by atoms with Gasteiger partial charge in [-0.3, -0.25) is 9.48 Å². The molecule has 0 radical (unpaired) electrons. The number of halogens is 1. The van der Waals surface area contributed by atoms with Crippen LogP contribution in [0.25, 0.3) is 0 Å². The van der Waals surface area contributed by atoms with Crippen LogP contribution in [0.15, 0.2) is 10.7 Å². The molecule has 4 nitrogen and oxygen atoms in total. The van der Waals surface area contributed by atoms with Crippen LogP contribution in [0.3, 0.4) is 0 Å². The summed E-state index contributed by atoms with van der Waals surface area (Å²) in [5, 5.41) is 4.30. The molecular weight excluding hydrogens is 320 g/mol. The molecule has 1 aromatic rings. The van der Waals surface area contributed by atoms with Crippen molar-refractivity contribution in [3.05, 3.63) is 16.4 Å². The lowest BCUT2D eigenvalue weighted by molar-refractivity contribution is -0.0270. The van der Waals surface area contributed by atoms with E-state index in [9.17, 15) is 4.79 Å². The van der Waals surface area contributed by atoms with Gasteiger partial charge in [-0.15, -0.1) is 0 Å². The highest BCUT2D eigenvalue weighted by atomic mass is 79.9. The van der Waals surface area contributed by atoms with E-state index < -0.39 is 5.60 Å². The predicted molar refractivity (Wildman–Crippen MR) is 81.9 cm³/mol. The third kappa shape index (κ3) is 2.84. The number of aromatic nitrogens is 2. The molecule has 1 saturated carbocycles. The summed E-state index contributed by atoms with van der Waals surface area (Å²) in [6.07, 6.45) is 6.34. The van der Waals surface area contributed by atoms with Gasteiger partial charge in [0, 0.05) is 13.7 Å². The van der Waals surface area contributed by atoms with Crippen LogP contribution in [0.5, 0.6) is 0 Å². The molecule has 5 heteroatoms. The lowest BCUT2D eigenvalue weighted by Gasteiger charge is -2.37. The molecule has 0 spiro atoms. The van der Waals surface area contributed by atoms with Crippen LogP contribution in [-0.2, 0) is 11.3 Å². The van der Waals surface area contributed by atoms with Crippen molar-refractivity contribution in [2.75, 3.05) is 7.11 Å². The van der Waals surface area contributed by atoms with Crippen LogP contribution in [0.1, 0.15) is 56.4 Å². The van der Waals surface area contributed by atoms with E-state index in [1.807, 2.05) is 0 Å². The van der Waals surface area contributed by atoms with Crippen molar-refractivity contribution >= 4 is 21.7 Å². The molecule has 1 fully saturated rings. The molecule has 0 aromatic carbocycles. The summed E-state index contributed by atoms with van der Waals surface area (Å²) < 4.78 is 8.26. The highest BCUT2D eigenvalue weighted by molar-refractivity contribution is 9.10. The van der Waals surface area contributed by atoms with Gasteiger partial charge >= 0.3 is 0 Å². The fourth-order valence-corrected chi connectivity index (χ4v) is 3.41. The number of hydrogen-bond acceptors (Lipinski definition) is 3. The van der Waals surface area contributed by atoms with E-state index >= 15 is 0 Å². The monoisotopic (exact) mass is 342 g/mol. The van der Waals surface area contributed by atoms with Crippen LogP contribution < -0.4 is 0 Å². The van der Waals surface area contributed by atoms with Gasteiger partial charge < -0.3 is 4.74 Å². The maximum atomic E-state index is 13.0. The molecule has 1 aliphatic carbocycles. The van der Waals surface area contributed by atoms with Crippen molar-refractivity contribution in [3.8, 4) is 0 Å². The zero-order valence-electron chi connectivity index (χ0n) is 12.5. The average Bonchev–Trinajstić information content (AvgIpc) is 2.81. The molecule has 20 heavy (non-hydrogen) atoms. The summed E-state index contributed by atoms with van der Waals surface area (Å²) >= 11 is 3.46. The van der Waals surface area contributed by atoms with Crippen LogP contribution in [0, 0.1) is 5.92 Å². The number of nitrogens with zero attached hydrogens (tertiary/aromatic N) is 2. The minimum Gasteiger partial charge on any atom is -0.370 e. The van der Waals surface area contributed by atoms with E-state index in [1.54, 1.807) is 18.0 Å². The second kappa shape index (κ2) is 6.39. The molecule has 0 N–H and O–H groups in total. The predicted octanol–water partition coefficient (Wildman–Crippen LogP) is 3.83. The van der Waals surface area contributed by atoms with E-state index in [-0.39, 0.29) is 5.78 Å². The number of hydrogen-bond donors (Lipinski definition) is 0. The third-order valence-corrected chi connectivity index (χ3v) is 4.91. The maximum absolute atomic E-state index is 13.0. The van der Waals surface area contributed by atoms with Gasteiger partial charge in [0.25, 0.3) is 0 Å². The van der Waals surface area contributed by atoms with E-state index in [2.05, 4.69) is 34.9 Å². The molecule has 0 unspecified atom stereocenters. The SMILES string of the molecule is CCCn1ncc(Br)c1C(=O)C1(OC)CCC(C)CC1. The van der Waals surface area contributed by atoms with Crippen molar-refractivity contribution in [1.29, 1.82) is 0 Å². The fraction of sp³-hybridized carbons (Fsp3) is 0.733. The molecule has 0 aliphatic heterocycles. The molecule has 0 bridgehead atoms. The Kier molecular flexibility index (Phi) is 5.02. The standard InChI is InChI=1S/C15H23BrN2O2/c1-4-9-18-13(12(16)10-17-18)14(19)15(20-3)7-5-11(2)6-8-15/h10-11H,4-9H2,1-3H3. The van der Waals surface area contributed by atoms with Gasteiger partial charge in [0.15, 0.2) is 0 Å². The van der Waals surface area contributed by atoms with E-state index in [4.69, 9.17) is 4.74 Å². The number of rotatable bonds is 5. The summed E-state index contributed by atoms with van der Waals surface area (Å²) in [6.45, 7) is 5.07. The molecule has 0 saturated heterocycles. The van der Waals surface area contributed by atoms with Crippen LogP contribution >= 0.6 is 15.9 Å². The first kappa shape index (κ1) is 15.7. The number of carbonyl (C=O) groups excluding carboxylic acids is 1. The van der Waals surface area contributed by atoms with Crippen LogP contribution in [0.2, 0.25) is 0 Å². The highest BCUT2D eigenvalue weighted by Gasteiger charge is 2.43. The van der Waals surface area contributed by atoms with Gasteiger partial charge in [0.05, 0.1) is 10.7 Å². The number of methoxy groups -OCH3 is 1. The molecule has 1 aromatic heterocycles. The van der Waals surface area contributed by atoms with E-state index in [0.29, 0.717) is 11.6 Å². The first-order valence-corrected chi connectivity index (χ1v) is 8.14. The van der Waals surface area contributed by atoms with E-state index in [1.165, 1.54) is 0 Å². The van der Waals surface area contributed by atoms with Crippen LogP contribution in [0.4, 0.5) is 0 Å². The second-order valence-corrected chi connectivity index (χ2v) is 6.63. The number of ether oxygens (including phenoxy) is 1. The van der Waals surface area contributed by atoms with Crippen molar-refractivity contribution in [3.63, 3.8) is 0 Å². The number of Topliss-reactive ketones (excluding diaryl/α,β-unsaturated/α-hetero) is 1. The van der Waals surface area contributed by atoms with Gasteiger partial charge in [0.1, 0.15) is 11.3 Å². The number of carbonyl (C=O) groups is 1. The van der Waals surface area contributed by atoms with E-state index in [0.717, 1.165) is 43.1 Å². The number of ketones is 1. The number of aryl methyl sites for hydroxylation is 1. The second-order valence-electron chi connectivity index (χ2n) is 5.77. The first-order valence-electron chi connectivity index (χ1n) is 7.35. The van der Waals surface area contributed by atoms with Gasteiger partial charge in [-0.05, 0) is 54.0 Å². The Labute approximate surface area is 129 Å². The Morgan fingerprint density at radius 3 is 2.75 bits per heavy atom. The quantitative estimate of drug-likeness (QED) is 0.763. The largest absolute Gasteiger partial charge is 0.370 e. The fourth-order valence-electron chi connectivity index (χ4n) is 2.94. The molecule has 0 amide bonds. The Hall–Kier alpha value is -0.680. The summed E-state index contributed by atoms with van der Waals surface area (Å²) in [5.74, 6) is 0.750. The molecule has 1 aliphatic rings. The van der Waals surface area contributed by atoms with Crippen molar-refractivity contribution < 1.29 is 9.53 Å². The summed E-state index contributed by atoms with van der Waals surface area (Å²) in [7, 11) is 1.66. The van der Waals surface area contributed by atoms with Crippen molar-refractivity contribution in [2.24, 2.45) is 5.92 Å². The molecule has 112 valence electrons. The Morgan fingerprint density at radius 2 is 2.20 bits per heavy atom. The zero-order valence-corrected chi connectivity index (χ0v) is 14.1. The lowest BCUT2D eigenvalue weighted by Crippen LogP contribution is -2.44. The van der Waals surface area contributed by atoms with Gasteiger partial charge in [-0.2, -0.15) is 5.10 Å².